The molecule has 5 heteroatoms. The maximum atomic E-state index is 11.9. The molecule has 92 valence electrons. The summed E-state index contributed by atoms with van der Waals surface area (Å²) in [4.78, 5) is 0.0873. The molecule has 1 rings (SSSR count). The summed E-state index contributed by atoms with van der Waals surface area (Å²) in [6.07, 6.45) is 2.59. The van der Waals surface area contributed by atoms with Crippen LogP contribution in [0.2, 0.25) is 0 Å². The lowest BCUT2D eigenvalue weighted by Gasteiger charge is -2.23. The van der Waals surface area contributed by atoms with Crippen LogP contribution in [0.5, 0.6) is 0 Å². The van der Waals surface area contributed by atoms with Crippen LogP contribution in [0, 0.1) is 0 Å². The topological polar surface area (TPSA) is 66.4 Å². The minimum Gasteiger partial charge on any atom is -0.371 e. The normalized spacial score (nSPS) is 14.9. The molecule has 0 bridgehead atoms. The molecule has 0 fully saturated rings. The van der Waals surface area contributed by atoms with Crippen LogP contribution in [-0.4, -0.2) is 19.2 Å². The Morgan fingerprint density at radius 3 is 2.35 bits per heavy atom. The zero-order valence-electron chi connectivity index (χ0n) is 9.33. The van der Waals surface area contributed by atoms with Gasteiger partial charge in [-0.15, -0.1) is 6.58 Å². The fourth-order valence-corrected chi connectivity index (χ4v) is 2.54. The van der Waals surface area contributed by atoms with E-state index >= 15 is 0 Å². The minimum absolute atomic E-state index is 0.0442. The van der Waals surface area contributed by atoms with Gasteiger partial charge in [0.15, 0.2) is 5.72 Å². The molecule has 0 saturated carbocycles. The molecule has 0 aliphatic heterocycles. The van der Waals surface area contributed by atoms with Gasteiger partial charge in [0.25, 0.3) is 0 Å². The van der Waals surface area contributed by atoms with Crippen LogP contribution in [0.3, 0.4) is 0 Å². The van der Waals surface area contributed by atoms with Crippen LogP contribution in [0.25, 0.3) is 0 Å². The number of sulfonamides is 1. The van der Waals surface area contributed by atoms with Gasteiger partial charge >= 0.3 is 0 Å². The van der Waals surface area contributed by atoms with E-state index in [1.807, 2.05) is 0 Å². The molecule has 0 saturated heterocycles. The Morgan fingerprint density at radius 1 is 1.29 bits per heavy atom. The van der Waals surface area contributed by atoms with Crippen LogP contribution >= 0.6 is 0 Å². The van der Waals surface area contributed by atoms with E-state index in [9.17, 15) is 13.5 Å². The third-order valence-corrected chi connectivity index (χ3v) is 3.67. The maximum absolute atomic E-state index is 11.9. The Bertz CT molecular complexity index is 496. The highest BCUT2D eigenvalue weighted by molar-refractivity contribution is 7.89. The molecule has 0 radical (unpaired) electrons. The number of aliphatic hydroxyl groups is 1. The number of nitrogens with one attached hydrogen (secondary N) is 1. The fraction of sp³-hybridized carbons (Fsp3) is 0.167. The second-order valence-corrected chi connectivity index (χ2v) is 5.22. The molecule has 1 aromatic rings. The van der Waals surface area contributed by atoms with E-state index in [0.717, 1.165) is 6.08 Å². The van der Waals surface area contributed by atoms with E-state index < -0.39 is 15.7 Å². The highest BCUT2D eigenvalue weighted by Gasteiger charge is 2.28. The van der Waals surface area contributed by atoms with Gasteiger partial charge in [0.2, 0.25) is 10.0 Å². The van der Waals surface area contributed by atoms with Gasteiger partial charge in [-0.25, -0.2) is 8.42 Å². The van der Waals surface area contributed by atoms with Gasteiger partial charge in [-0.3, -0.25) is 0 Å². The Hall–Kier alpha value is -1.43. The summed E-state index contributed by atoms with van der Waals surface area (Å²) in [6, 6.07) is 7.81. The van der Waals surface area contributed by atoms with Crippen molar-refractivity contribution in [3.8, 4) is 0 Å². The van der Waals surface area contributed by atoms with Crippen molar-refractivity contribution in [2.24, 2.45) is 0 Å². The summed E-state index contributed by atoms with van der Waals surface area (Å²) in [5.74, 6) is 0. The van der Waals surface area contributed by atoms with Gasteiger partial charge in [-0.1, -0.05) is 30.9 Å². The van der Waals surface area contributed by atoms with Crippen molar-refractivity contribution in [2.45, 2.75) is 17.0 Å². The molecular formula is C12H15NO3S. The first kappa shape index (κ1) is 13.6. The molecule has 0 aliphatic rings. The Balaban J connectivity index is 3.01. The van der Waals surface area contributed by atoms with Crippen molar-refractivity contribution in [3.63, 3.8) is 0 Å². The number of benzene rings is 1. The standard InChI is InChI=1S/C12H15NO3S/c1-3-10-12(14,4-2)13-17(15,16)11-8-6-5-7-9-11/h3-9,13-14H,1-2,10H2. The molecule has 1 unspecified atom stereocenters. The van der Waals surface area contributed by atoms with E-state index in [4.69, 9.17) is 0 Å². The SMILES string of the molecule is C=CCC(O)(C=C)NS(=O)(=O)c1ccccc1. The maximum Gasteiger partial charge on any atom is 0.243 e. The van der Waals surface area contributed by atoms with Crippen LogP contribution in [0.1, 0.15) is 6.42 Å². The quantitative estimate of drug-likeness (QED) is 0.595. The van der Waals surface area contributed by atoms with Gasteiger partial charge in [-0.2, -0.15) is 4.72 Å². The van der Waals surface area contributed by atoms with Gasteiger partial charge in [-0.05, 0) is 18.2 Å². The van der Waals surface area contributed by atoms with Crippen LogP contribution in [-0.2, 0) is 10.0 Å². The molecule has 0 aliphatic carbocycles. The zero-order chi connectivity index (χ0) is 12.9. The van der Waals surface area contributed by atoms with Gasteiger partial charge in [0.1, 0.15) is 0 Å². The lowest BCUT2D eigenvalue weighted by molar-refractivity contribution is 0.0831. The van der Waals surface area contributed by atoms with Gasteiger partial charge in [0, 0.05) is 6.42 Å². The summed E-state index contributed by atoms with van der Waals surface area (Å²) in [5, 5.41) is 9.94. The average Bonchev–Trinajstić information content (AvgIpc) is 2.30. The average molecular weight is 253 g/mol. The highest BCUT2D eigenvalue weighted by Crippen LogP contribution is 2.15. The summed E-state index contributed by atoms with van der Waals surface area (Å²) in [6.45, 7) is 6.86. The van der Waals surface area contributed by atoms with Crippen LogP contribution in [0.4, 0.5) is 0 Å². The molecule has 0 amide bonds. The van der Waals surface area contributed by atoms with Crippen LogP contribution in [0.15, 0.2) is 60.5 Å². The minimum atomic E-state index is -3.77. The van der Waals surface area contributed by atoms with Gasteiger partial charge in [0.05, 0.1) is 4.90 Å². The highest BCUT2D eigenvalue weighted by atomic mass is 32.2. The molecule has 1 aromatic carbocycles. The van der Waals surface area contributed by atoms with Crippen molar-refractivity contribution in [3.05, 3.63) is 55.6 Å². The lowest BCUT2D eigenvalue weighted by atomic mass is 10.1. The number of rotatable bonds is 6. The number of hydrogen-bond donors (Lipinski definition) is 2. The van der Waals surface area contributed by atoms with Crippen molar-refractivity contribution < 1.29 is 13.5 Å². The molecule has 1 atom stereocenters. The van der Waals surface area contributed by atoms with E-state index in [1.54, 1.807) is 18.2 Å². The third-order valence-electron chi connectivity index (χ3n) is 2.16. The summed E-state index contributed by atoms with van der Waals surface area (Å²) >= 11 is 0. The predicted octanol–water partition coefficient (Wildman–Crippen LogP) is 1.42. The molecule has 0 aromatic heterocycles. The largest absolute Gasteiger partial charge is 0.371 e. The molecule has 4 nitrogen and oxygen atoms in total. The smallest absolute Gasteiger partial charge is 0.243 e. The van der Waals surface area contributed by atoms with Crippen molar-refractivity contribution in [2.75, 3.05) is 0 Å². The summed E-state index contributed by atoms with van der Waals surface area (Å²) < 4.78 is 26.0. The molecular weight excluding hydrogens is 238 g/mol. The molecule has 0 heterocycles. The fourth-order valence-electron chi connectivity index (χ4n) is 1.28. The van der Waals surface area contributed by atoms with E-state index in [1.165, 1.54) is 18.2 Å². The van der Waals surface area contributed by atoms with Crippen molar-refractivity contribution >= 4 is 10.0 Å². The summed E-state index contributed by atoms with van der Waals surface area (Å²) in [5.41, 5.74) is -1.71. The van der Waals surface area contributed by atoms with E-state index in [0.29, 0.717) is 0 Å². The van der Waals surface area contributed by atoms with Gasteiger partial charge < -0.3 is 5.11 Å². The summed E-state index contributed by atoms with van der Waals surface area (Å²) in [7, 11) is -3.77. The predicted molar refractivity (Wildman–Crippen MR) is 66.7 cm³/mol. The van der Waals surface area contributed by atoms with Crippen LogP contribution < -0.4 is 4.72 Å². The third kappa shape index (κ3) is 3.52. The van der Waals surface area contributed by atoms with Crippen molar-refractivity contribution in [1.82, 2.24) is 4.72 Å². The van der Waals surface area contributed by atoms with Crippen molar-refractivity contribution in [1.29, 1.82) is 0 Å². The first-order chi connectivity index (χ1) is 7.93. The van der Waals surface area contributed by atoms with E-state index in [2.05, 4.69) is 17.9 Å². The first-order valence-corrected chi connectivity index (χ1v) is 6.48. The lowest BCUT2D eigenvalue weighted by Crippen LogP contribution is -2.46. The Morgan fingerprint density at radius 2 is 1.88 bits per heavy atom. The first-order valence-electron chi connectivity index (χ1n) is 4.99. The Kier molecular flexibility index (Phi) is 4.22. The second kappa shape index (κ2) is 5.27. The molecule has 17 heavy (non-hydrogen) atoms. The second-order valence-electron chi connectivity index (χ2n) is 3.54. The zero-order valence-corrected chi connectivity index (χ0v) is 10.2. The monoisotopic (exact) mass is 253 g/mol. The molecule has 0 spiro atoms. The van der Waals surface area contributed by atoms with E-state index in [-0.39, 0.29) is 11.3 Å². The number of hydrogen-bond acceptors (Lipinski definition) is 3. The molecule has 2 N–H and O–H groups in total. The Labute approximate surface area is 101 Å².